The van der Waals surface area contributed by atoms with Crippen molar-refractivity contribution < 1.29 is 0 Å². The number of nitriles is 1. The molecule has 1 aromatic carbocycles. The van der Waals surface area contributed by atoms with Gasteiger partial charge in [0.15, 0.2) is 0 Å². The van der Waals surface area contributed by atoms with Gasteiger partial charge in [-0.2, -0.15) is 5.26 Å². The van der Waals surface area contributed by atoms with Gasteiger partial charge in [-0.3, -0.25) is 0 Å². The van der Waals surface area contributed by atoms with Crippen LogP contribution in [0.25, 0.3) is 11.3 Å². The normalized spacial score (nSPS) is 11.8. The van der Waals surface area contributed by atoms with Gasteiger partial charge in [0.25, 0.3) is 0 Å². The van der Waals surface area contributed by atoms with Crippen LogP contribution in [0.4, 0.5) is 0 Å². The van der Waals surface area contributed by atoms with Crippen molar-refractivity contribution >= 4 is 50.1 Å². The number of nitrogens with two attached hydrogens (primary N) is 1. The first-order valence-corrected chi connectivity index (χ1v) is 7.07. The number of allylic oxidation sites excluding steroid dienone is 1. The van der Waals surface area contributed by atoms with Crippen LogP contribution in [0.2, 0.25) is 5.02 Å². The highest BCUT2D eigenvalue weighted by atomic mass is 79.9. The van der Waals surface area contributed by atoms with Crippen LogP contribution in [0.15, 0.2) is 40.2 Å². The molecule has 2 rings (SSSR count). The summed E-state index contributed by atoms with van der Waals surface area (Å²) in [4.78, 5) is 0.839. The average molecular weight is 340 g/mol. The van der Waals surface area contributed by atoms with E-state index < -0.39 is 0 Å². The summed E-state index contributed by atoms with van der Waals surface area (Å²) < 4.78 is 0.869. The fourth-order valence-electron chi connectivity index (χ4n) is 1.51. The van der Waals surface area contributed by atoms with Gasteiger partial charge in [-0.05, 0) is 29.6 Å². The largest absolute Gasteiger partial charge is 0.397 e. The lowest BCUT2D eigenvalue weighted by molar-refractivity contribution is 1.48. The number of halogens is 2. The second-order valence-electron chi connectivity index (χ2n) is 3.50. The fraction of sp³-hybridized carbons (Fsp3) is 0. The number of hydrogen-bond acceptors (Lipinski definition) is 3. The smallest absolute Gasteiger partial charge is 0.103 e. The zero-order valence-electron chi connectivity index (χ0n) is 9.15. The monoisotopic (exact) mass is 338 g/mol. The van der Waals surface area contributed by atoms with Crippen LogP contribution >= 0.6 is 38.9 Å². The Morgan fingerprint density at radius 1 is 1.39 bits per heavy atom. The molecule has 0 amide bonds. The molecule has 0 radical (unpaired) electrons. The van der Waals surface area contributed by atoms with Gasteiger partial charge in [-0.1, -0.05) is 33.6 Å². The summed E-state index contributed by atoms with van der Waals surface area (Å²) in [5.74, 6) is 0. The third-order valence-electron chi connectivity index (χ3n) is 2.37. The van der Waals surface area contributed by atoms with E-state index in [9.17, 15) is 5.26 Å². The first kappa shape index (κ1) is 13.2. The number of thiophene rings is 1. The minimum absolute atomic E-state index is 0.395. The van der Waals surface area contributed by atoms with E-state index in [2.05, 4.69) is 22.0 Å². The highest BCUT2D eigenvalue weighted by Crippen LogP contribution is 2.31. The quantitative estimate of drug-likeness (QED) is 0.818. The lowest BCUT2D eigenvalue weighted by Crippen LogP contribution is -2.00. The summed E-state index contributed by atoms with van der Waals surface area (Å²) in [5, 5.41) is 11.7. The van der Waals surface area contributed by atoms with Crippen LogP contribution in [-0.4, -0.2) is 0 Å². The van der Waals surface area contributed by atoms with E-state index in [0.29, 0.717) is 21.9 Å². The van der Waals surface area contributed by atoms with Crippen molar-refractivity contribution in [1.29, 1.82) is 5.26 Å². The molecule has 0 spiro atoms. The molecule has 0 bridgehead atoms. The van der Waals surface area contributed by atoms with Crippen molar-refractivity contribution in [3.63, 3.8) is 0 Å². The molecule has 0 fully saturated rings. The van der Waals surface area contributed by atoms with E-state index in [0.717, 1.165) is 9.35 Å². The molecule has 2 N–H and O–H groups in total. The summed E-state index contributed by atoms with van der Waals surface area (Å²) in [6, 6.07) is 11.3. The minimum atomic E-state index is 0.395. The first-order valence-electron chi connectivity index (χ1n) is 5.02. The van der Waals surface area contributed by atoms with Crippen molar-refractivity contribution in [3.05, 3.63) is 55.6 Å². The third-order valence-corrected chi connectivity index (χ3v) is 4.08. The standard InChI is InChI=1S/C13H8BrClN2S/c14-8-3-4-11(15)9(6-8)13(17)10(7-16)12-2-1-5-18-12/h1-6H,17H2/b13-10-. The summed E-state index contributed by atoms with van der Waals surface area (Å²) in [6.45, 7) is 0. The van der Waals surface area contributed by atoms with Crippen molar-refractivity contribution in [3.8, 4) is 6.07 Å². The molecule has 2 nitrogen and oxygen atoms in total. The van der Waals surface area contributed by atoms with Gasteiger partial charge >= 0.3 is 0 Å². The molecule has 18 heavy (non-hydrogen) atoms. The fourth-order valence-corrected chi connectivity index (χ4v) is 2.82. The molecule has 90 valence electrons. The number of rotatable bonds is 2. The molecule has 0 saturated carbocycles. The maximum atomic E-state index is 9.25. The first-order chi connectivity index (χ1) is 8.63. The molecule has 0 unspecified atom stereocenters. The van der Waals surface area contributed by atoms with E-state index in [1.807, 2.05) is 29.6 Å². The Labute approximate surface area is 122 Å². The van der Waals surface area contributed by atoms with E-state index in [1.54, 1.807) is 6.07 Å². The van der Waals surface area contributed by atoms with E-state index in [4.69, 9.17) is 17.3 Å². The molecule has 2 aromatic rings. The van der Waals surface area contributed by atoms with Gasteiger partial charge in [0.2, 0.25) is 0 Å². The van der Waals surface area contributed by atoms with E-state index >= 15 is 0 Å². The van der Waals surface area contributed by atoms with Crippen LogP contribution in [0.5, 0.6) is 0 Å². The van der Waals surface area contributed by atoms with Gasteiger partial charge in [0.05, 0.1) is 11.3 Å². The van der Waals surface area contributed by atoms with Crippen molar-refractivity contribution in [2.24, 2.45) is 5.73 Å². The van der Waals surface area contributed by atoms with Crippen molar-refractivity contribution in [1.82, 2.24) is 0 Å². The average Bonchev–Trinajstić information content (AvgIpc) is 2.87. The van der Waals surface area contributed by atoms with E-state index in [-0.39, 0.29) is 0 Å². The van der Waals surface area contributed by atoms with Crippen LogP contribution in [-0.2, 0) is 0 Å². The molecule has 0 saturated heterocycles. The van der Waals surface area contributed by atoms with Gasteiger partial charge in [0.1, 0.15) is 6.07 Å². The maximum Gasteiger partial charge on any atom is 0.103 e. The van der Waals surface area contributed by atoms with Gasteiger partial charge in [-0.25, -0.2) is 0 Å². The molecular weight excluding hydrogens is 332 g/mol. The summed E-state index contributed by atoms with van der Waals surface area (Å²) in [6.07, 6.45) is 0. The summed E-state index contributed by atoms with van der Waals surface area (Å²) >= 11 is 11.0. The Morgan fingerprint density at radius 3 is 2.78 bits per heavy atom. The van der Waals surface area contributed by atoms with Crippen molar-refractivity contribution in [2.75, 3.05) is 0 Å². The topological polar surface area (TPSA) is 49.8 Å². The molecular formula is C13H8BrClN2S. The Bertz CT molecular complexity index is 642. The van der Waals surface area contributed by atoms with Crippen molar-refractivity contribution in [2.45, 2.75) is 0 Å². The molecule has 1 aromatic heterocycles. The number of benzene rings is 1. The van der Waals surface area contributed by atoms with Crippen LogP contribution in [0, 0.1) is 11.3 Å². The Hall–Kier alpha value is -1.28. The predicted molar refractivity (Wildman–Crippen MR) is 80.1 cm³/mol. The second-order valence-corrected chi connectivity index (χ2v) is 5.77. The Morgan fingerprint density at radius 2 is 2.17 bits per heavy atom. The number of hydrogen-bond donors (Lipinski definition) is 1. The molecule has 5 heteroatoms. The summed E-state index contributed by atoms with van der Waals surface area (Å²) in [5.41, 5.74) is 7.58. The SMILES string of the molecule is N#C/C(=C(/N)c1cc(Br)ccc1Cl)c1cccs1. The Kier molecular flexibility index (Phi) is 4.07. The van der Waals surface area contributed by atoms with E-state index in [1.165, 1.54) is 11.3 Å². The Balaban J connectivity index is 2.62. The zero-order valence-corrected chi connectivity index (χ0v) is 12.3. The van der Waals surface area contributed by atoms with Gasteiger partial charge < -0.3 is 5.73 Å². The lowest BCUT2D eigenvalue weighted by Gasteiger charge is -2.07. The second kappa shape index (κ2) is 5.57. The molecule has 0 aliphatic carbocycles. The lowest BCUT2D eigenvalue weighted by atomic mass is 10.1. The highest BCUT2D eigenvalue weighted by Gasteiger charge is 2.12. The predicted octanol–water partition coefficient (Wildman–Crippen LogP) is 4.51. The van der Waals surface area contributed by atoms with Gasteiger partial charge in [0, 0.05) is 19.9 Å². The van der Waals surface area contributed by atoms with Crippen LogP contribution in [0.3, 0.4) is 0 Å². The maximum absolute atomic E-state index is 9.25. The summed E-state index contributed by atoms with van der Waals surface area (Å²) in [7, 11) is 0. The zero-order chi connectivity index (χ0) is 13.1. The third kappa shape index (κ3) is 2.59. The molecule has 1 heterocycles. The van der Waals surface area contributed by atoms with Crippen LogP contribution in [0.1, 0.15) is 10.4 Å². The molecule has 0 aliphatic rings. The molecule has 0 atom stereocenters. The minimum Gasteiger partial charge on any atom is -0.397 e. The number of nitrogens with zero attached hydrogens (tertiary/aromatic N) is 1. The van der Waals surface area contributed by atoms with Gasteiger partial charge in [-0.15, -0.1) is 11.3 Å². The van der Waals surface area contributed by atoms with Crippen LogP contribution < -0.4 is 5.73 Å². The molecule has 0 aliphatic heterocycles. The highest BCUT2D eigenvalue weighted by molar-refractivity contribution is 9.10.